The van der Waals surface area contributed by atoms with Gasteiger partial charge in [0.15, 0.2) is 5.78 Å². The van der Waals surface area contributed by atoms with E-state index in [0.29, 0.717) is 6.61 Å². The van der Waals surface area contributed by atoms with Crippen LogP contribution in [0.2, 0.25) is 0 Å². The Morgan fingerprint density at radius 3 is 2.83 bits per heavy atom. The standard InChI is InChI=1S/C19H20O4/c1-3-14-12-23-19(2)10-9-15(20)16(17(14)19)18(21)22-11-13-7-5-4-6-8-13/h3-10,16-17H,11-12H2,1-2H3/b14-3+/t16-,17?,19-/m1/s1. The first-order valence-electron chi connectivity index (χ1n) is 7.78. The molecule has 1 saturated heterocycles. The van der Waals surface area contributed by atoms with Crippen LogP contribution >= 0.6 is 0 Å². The molecule has 0 spiro atoms. The van der Waals surface area contributed by atoms with Crippen LogP contribution in [-0.4, -0.2) is 24.0 Å². The van der Waals surface area contributed by atoms with E-state index in [9.17, 15) is 9.59 Å². The fraction of sp³-hybridized carbons (Fsp3) is 0.368. The van der Waals surface area contributed by atoms with Crippen molar-refractivity contribution < 1.29 is 19.1 Å². The van der Waals surface area contributed by atoms with Crippen LogP contribution in [0, 0.1) is 11.8 Å². The molecule has 0 radical (unpaired) electrons. The predicted molar refractivity (Wildman–Crippen MR) is 85.5 cm³/mol. The topological polar surface area (TPSA) is 52.6 Å². The maximum absolute atomic E-state index is 12.6. The SMILES string of the molecule is C/C=C1\CO[C@]2(C)C=CC(=O)[C@@H](C(=O)OCc3ccccc3)C12. The van der Waals surface area contributed by atoms with Gasteiger partial charge in [0, 0.05) is 5.92 Å². The van der Waals surface area contributed by atoms with Crippen molar-refractivity contribution in [3.8, 4) is 0 Å². The number of fused-ring (bicyclic) bond motifs is 1. The van der Waals surface area contributed by atoms with Gasteiger partial charge in [0.1, 0.15) is 12.5 Å². The number of benzene rings is 1. The molecule has 0 aromatic heterocycles. The zero-order valence-electron chi connectivity index (χ0n) is 13.3. The largest absolute Gasteiger partial charge is 0.460 e. The number of hydrogen-bond acceptors (Lipinski definition) is 4. The Morgan fingerprint density at radius 2 is 2.13 bits per heavy atom. The van der Waals surface area contributed by atoms with Gasteiger partial charge in [-0.15, -0.1) is 0 Å². The zero-order chi connectivity index (χ0) is 16.4. The minimum Gasteiger partial charge on any atom is -0.460 e. The Kier molecular flexibility index (Phi) is 4.18. The van der Waals surface area contributed by atoms with E-state index in [4.69, 9.17) is 9.47 Å². The van der Waals surface area contributed by atoms with E-state index < -0.39 is 17.5 Å². The second-order valence-electron chi connectivity index (χ2n) is 6.12. The number of rotatable bonds is 3. The van der Waals surface area contributed by atoms with Gasteiger partial charge in [-0.2, -0.15) is 0 Å². The van der Waals surface area contributed by atoms with Crippen molar-refractivity contribution in [3.63, 3.8) is 0 Å². The molecule has 4 heteroatoms. The molecule has 1 aliphatic carbocycles. The van der Waals surface area contributed by atoms with Crippen molar-refractivity contribution in [1.82, 2.24) is 0 Å². The summed E-state index contributed by atoms with van der Waals surface area (Å²) in [6.07, 6.45) is 5.14. The second kappa shape index (κ2) is 6.13. The predicted octanol–water partition coefficient (Wildman–Crippen LogP) is 2.84. The van der Waals surface area contributed by atoms with E-state index in [1.165, 1.54) is 6.08 Å². The number of hydrogen-bond donors (Lipinski definition) is 0. The van der Waals surface area contributed by atoms with Crippen molar-refractivity contribution >= 4 is 11.8 Å². The zero-order valence-corrected chi connectivity index (χ0v) is 13.3. The van der Waals surface area contributed by atoms with Crippen molar-refractivity contribution in [2.75, 3.05) is 6.61 Å². The molecule has 0 amide bonds. The molecular formula is C19H20O4. The van der Waals surface area contributed by atoms with Crippen molar-refractivity contribution in [2.45, 2.75) is 26.1 Å². The van der Waals surface area contributed by atoms with Crippen LogP contribution in [0.3, 0.4) is 0 Å². The lowest BCUT2D eigenvalue weighted by atomic mass is 9.71. The molecule has 3 rings (SSSR count). The van der Waals surface area contributed by atoms with Crippen LogP contribution in [0.15, 0.2) is 54.1 Å². The third kappa shape index (κ3) is 2.86. The molecule has 4 nitrogen and oxygen atoms in total. The molecule has 1 aromatic carbocycles. The first-order chi connectivity index (χ1) is 11.0. The number of allylic oxidation sites excluding steroid dienone is 2. The number of carbonyl (C=O) groups excluding carboxylic acids is 2. The summed E-state index contributed by atoms with van der Waals surface area (Å²) in [7, 11) is 0. The summed E-state index contributed by atoms with van der Waals surface area (Å²) in [6, 6.07) is 9.45. The van der Waals surface area contributed by atoms with Gasteiger partial charge < -0.3 is 9.47 Å². The first kappa shape index (κ1) is 15.7. The van der Waals surface area contributed by atoms with E-state index in [0.717, 1.165) is 11.1 Å². The van der Waals surface area contributed by atoms with Crippen LogP contribution in [-0.2, 0) is 25.7 Å². The number of ether oxygens (including phenoxy) is 2. The molecule has 1 aromatic rings. The Labute approximate surface area is 135 Å². The molecule has 23 heavy (non-hydrogen) atoms. The maximum Gasteiger partial charge on any atom is 0.317 e. The highest BCUT2D eigenvalue weighted by Crippen LogP contribution is 2.45. The number of carbonyl (C=O) groups is 2. The maximum atomic E-state index is 12.6. The normalized spacial score (nSPS) is 31.2. The monoisotopic (exact) mass is 312 g/mol. The van der Waals surface area contributed by atoms with Gasteiger partial charge in [-0.25, -0.2) is 0 Å². The molecule has 1 fully saturated rings. The Morgan fingerprint density at radius 1 is 1.39 bits per heavy atom. The van der Waals surface area contributed by atoms with Gasteiger partial charge >= 0.3 is 5.97 Å². The van der Waals surface area contributed by atoms with E-state index >= 15 is 0 Å². The Hall–Kier alpha value is -2.20. The Balaban J connectivity index is 1.80. The van der Waals surface area contributed by atoms with Gasteiger partial charge in [0.25, 0.3) is 0 Å². The average molecular weight is 312 g/mol. The molecule has 1 heterocycles. The molecule has 1 unspecified atom stereocenters. The molecule has 0 N–H and O–H groups in total. The van der Waals surface area contributed by atoms with Crippen molar-refractivity contribution in [1.29, 1.82) is 0 Å². The number of esters is 1. The molecule has 1 aliphatic heterocycles. The molecule has 3 atom stereocenters. The van der Waals surface area contributed by atoms with Crippen LogP contribution in [0.4, 0.5) is 0 Å². The van der Waals surface area contributed by atoms with Crippen LogP contribution in [0.1, 0.15) is 19.4 Å². The van der Waals surface area contributed by atoms with Gasteiger partial charge in [-0.05, 0) is 37.1 Å². The second-order valence-corrected chi connectivity index (χ2v) is 6.12. The highest BCUT2D eigenvalue weighted by atomic mass is 16.5. The summed E-state index contributed by atoms with van der Waals surface area (Å²) in [4.78, 5) is 24.9. The molecule has 2 aliphatic rings. The third-order valence-electron chi connectivity index (χ3n) is 4.63. The average Bonchev–Trinajstić information content (AvgIpc) is 2.91. The minimum atomic E-state index is -0.831. The fourth-order valence-corrected chi connectivity index (χ4v) is 3.33. The first-order valence-corrected chi connectivity index (χ1v) is 7.78. The van der Waals surface area contributed by atoms with Gasteiger partial charge in [0.05, 0.1) is 12.2 Å². The van der Waals surface area contributed by atoms with Gasteiger partial charge in [-0.3, -0.25) is 9.59 Å². The fourth-order valence-electron chi connectivity index (χ4n) is 3.33. The Bertz CT molecular complexity index is 674. The van der Waals surface area contributed by atoms with E-state index in [-0.39, 0.29) is 18.3 Å². The van der Waals surface area contributed by atoms with Crippen molar-refractivity contribution in [3.05, 3.63) is 59.7 Å². The third-order valence-corrected chi connectivity index (χ3v) is 4.63. The summed E-state index contributed by atoms with van der Waals surface area (Å²) >= 11 is 0. The van der Waals surface area contributed by atoms with E-state index in [1.807, 2.05) is 50.3 Å². The summed E-state index contributed by atoms with van der Waals surface area (Å²) in [5.74, 6) is -1.81. The smallest absolute Gasteiger partial charge is 0.317 e. The van der Waals surface area contributed by atoms with Crippen LogP contribution in [0.25, 0.3) is 0 Å². The molecule has 0 bridgehead atoms. The van der Waals surface area contributed by atoms with Crippen LogP contribution < -0.4 is 0 Å². The van der Waals surface area contributed by atoms with Gasteiger partial charge in [0.2, 0.25) is 0 Å². The lowest BCUT2D eigenvalue weighted by Gasteiger charge is -2.34. The van der Waals surface area contributed by atoms with Crippen molar-refractivity contribution in [2.24, 2.45) is 11.8 Å². The number of ketones is 1. The van der Waals surface area contributed by atoms with E-state index in [2.05, 4.69) is 0 Å². The molecule has 120 valence electrons. The summed E-state index contributed by atoms with van der Waals surface area (Å²) in [5, 5.41) is 0. The van der Waals surface area contributed by atoms with Crippen LogP contribution in [0.5, 0.6) is 0 Å². The molecular weight excluding hydrogens is 292 g/mol. The summed E-state index contributed by atoms with van der Waals surface area (Å²) < 4.78 is 11.2. The molecule has 0 saturated carbocycles. The summed E-state index contributed by atoms with van der Waals surface area (Å²) in [6.45, 7) is 4.43. The van der Waals surface area contributed by atoms with Gasteiger partial charge in [-0.1, -0.05) is 36.4 Å². The lowest BCUT2D eigenvalue weighted by molar-refractivity contribution is -0.156. The highest BCUT2D eigenvalue weighted by Gasteiger charge is 2.53. The lowest BCUT2D eigenvalue weighted by Crippen LogP contribution is -2.45. The minimum absolute atomic E-state index is 0.169. The highest BCUT2D eigenvalue weighted by molar-refractivity contribution is 6.06. The summed E-state index contributed by atoms with van der Waals surface area (Å²) in [5.41, 5.74) is 1.26. The quantitative estimate of drug-likeness (QED) is 0.489. The van der Waals surface area contributed by atoms with E-state index in [1.54, 1.807) is 6.08 Å².